The highest BCUT2D eigenvalue weighted by molar-refractivity contribution is 7.18. The molecule has 1 fully saturated rings. The van der Waals surface area contributed by atoms with E-state index in [4.69, 9.17) is 23.2 Å². The van der Waals surface area contributed by atoms with Gasteiger partial charge >= 0.3 is 6.03 Å². The number of pyridine rings is 1. The van der Waals surface area contributed by atoms with Crippen molar-refractivity contribution in [2.45, 2.75) is 25.7 Å². The molecule has 3 aromatic heterocycles. The van der Waals surface area contributed by atoms with Crippen molar-refractivity contribution in [1.29, 1.82) is 0 Å². The van der Waals surface area contributed by atoms with Gasteiger partial charge in [-0.05, 0) is 37.8 Å². The number of carbonyl (C=O) groups excluding carboxylic acids is 1. The lowest BCUT2D eigenvalue weighted by atomic mass is 10.1. The first-order valence-electron chi connectivity index (χ1n) is 9.19. The molecule has 152 valence electrons. The van der Waals surface area contributed by atoms with Crippen molar-refractivity contribution in [2.24, 2.45) is 0 Å². The smallest absolute Gasteiger partial charge is 0.308 e. The van der Waals surface area contributed by atoms with Crippen LogP contribution in [0.5, 0.6) is 0 Å². The molecule has 0 aliphatic heterocycles. The maximum Gasteiger partial charge on any atom is 0.323 e. The summed E-state index contributed by atoms with van der Waals surface area (Å²) >= 11 is 14.3. The number of amides is 2. The van der Waals surface area contributed by atoms with Crippen molar-refractivity contribution < 1.29 is 4.79 Å². The highest BCUT2D eigenvalue weighted by Gasteiger charge is 2.30. The summed E-state index contributed by atoms with van der Waals surface area (Å²) in [5, 5.41) is 15.0. The topological polar surface area (TPSA) is 97.6 Å². The van der Waals surface area contributed by atoms with Gasteiger partial charge in [0.1, 0.15) is 16.0 Å². The molecule has 4 aromatic rings. The van der Waals surface area contributed by atoms with Crippen molar-refractivity contribution in [3.63, 3.8) is 0 Å². The van der Waals surface area contributed by atoms with E-state index in [2.05, 4.69) is 30.9 Å². The van der Waals surface area contributed by atoms with Crippen LogP contribution in [0.4, 0.5) is 16.2 Å². The molecule has 0 unspecified atom stereocenters. The molecule has 0 saturated heterocycles. The Morgan fingerprint density at radius 1 is 1.23 bits per heavy atom. The van der Waals surface area contributed by atoms with Crippen LogP contribution in [0.1, 0.15) is 29.3 Å². The van der Waals surface area contributed by atoms with Crippen molar-refractivity contribution in [1.82, 2.24) is 25.0 Å². The molecule has 2 amide bonds. The van der Waals surface area contributed by atoms with Crippen molar-refractivity contribution in [3.05, 3.63) is 51.3 Å². The first-order chi connectivity index (χ1) is 14.5. The molecule has 0 atom stereocenters. The maximum absolute atomic E-state index is 12.7. The van der Waals surface area contributed by atoms with E-state index in [1.165, 1.54) is 10.9 Å². The van der Waals surface area contributed by atoms with E-state index in [9.17, 15) is 4.79 Å². The van der Waals surface area contributed by atoms with Crippen LogP contribution in [0.15, 0.2) is 30.7 Å². The second kappa shape index (κ2) is 7.50. The van der Waals surface area contributed by atoms with Crippen molar-refractivity contribution >= 4 is 62.3 Å². The molecule has 1 aliphatic carbocycles. The fraction of sp³-hybridized carbons (Fsp3) is 0.211. The standard InChI is InChI=1S/C19H15Cl2N7OS/c1-9-24-16-15(10-2-3-10)14(8-22-18(16)30-9)26-19(29)25-11-6-12(20)17(13(21)7-11)28-5-4-23-27-28/h4-8,10H,2-3H2,1H3,(H2,25,26,29). The predicted octanol–water partition coefficient (Wildman–Crippen LogP) is 5.41. The van der Waals surface area contributed by atoms with Gasteiger partial charge in [-0.1, -0.05) is 39.8 Å². The zero-order valence-corrected chi connectivity index (χ0v) is 18.0. The van der Waals surface area contributed by atoms with Gasteiger partial charge in [-0.15, -0.1) is 5.10 Å². The molecule has 8 nitrogen and oxygen atoms in total. The highest BCUT2D eigenvalue weighted by atomic mass is 35.5. The van der Waals surface area contributed by atoms with Crippen LogP contribution in [-0.4, -0.2) is 31.0 Å². The number of fused-ring (bicyclic) bond motifs is 1. The molecule has 30 heavy (non-hydrogen) atoms. The third-order valence-corrected chi connectivity index (χ3v) is 6.19. The minimum Gasteiger partial charge on any atom is -0.308 e. The van der Waals surface area contributed by atoms with Gasteiger partial charge in [0, 0.05) is 11.3 Å². The molecule has 0 spiro atoms. The van der Waals surface area contributed by atoms with E-state index in [0.717, 1.165) is 33.8 Å². The Kier molecular flexibility index (Phi) is 4.80. The SMILES string of the molecule is Cc1nc2c(C3CC3)c(NC(=O)Nc3cc(Cl)c(-n4ccnn4)c(Cl)c3)cnc2s1. The van der Waals surface area contributed by atoms with E-state index >= 15 is 0 Å². The van der Waals surface area contributed by atoms with E-state index in [0.29, 0.717) is 33.0 Å². The molecule has 2 N–H and O–H groups in total. The summed E-state index contributed by atoms with van der Waals surface area (Å²) in [5.74, 6) is 0.401. The van der Waals surface area contributed by atoms with Gasteiger partial charge in [0.15, 0.2) is 0 Å². The van der Waals surface area contributed by atoms with Crippen LogP contribution in [0, 0.1) is 6.92 Å². The summed E-state index contributed by atoms with van der Waals surface area (Å²) in [6.07, 6.45) is 7.02. The van der Waals surface area contributed by atoms with Gasteiger partial charge in [-0.2, -0.15) is 0 Å². The summed E-state index contributed by atoms with van der Waals surface area (Å²) in [7, 11) is 0. The van der Waals surface area contributed by atoms with Gasteiger partial charge < -0.3 is 10.6 Å². The highest BCUT2D eigenvalue weighted by Crippen LogP contribution is 2.46. The molecular formula is C19H15Cl2N7OS. The normalized spacial score (nSPS) is 13.6. The summed E-state index contributed by atoms with van der Waals surface area (Å²) in [4.78, 5) is 22.6. The number of hydrogen-bond donors (Lipinski definition) is 2. The van der Waals surface area contributed by atoms with Crippen LogP contribution in [0.25, 0.3) is 16.0 Å². The average Bonchev–Trinajstić information content (AvgIpc) is 3.22. The van der Waals surface area contributed by atoms with E-state index in [-0.39, 0.29) is 0 Å². The molecule has 11 heteroatoms. The van der Waals surface area contributed by atoms with Gasteiger partial charge in [-0.25, -0.2) is 19.4 Å². The van der Waals surface area contributed by atoms with Crippen LogP contribution in [0.2, 0.25) is 10.0 Å². The third kappa shape index (κ3) is 3.60. The molecule has 0 radical (unpaired) electrons. The Hall–Kier alpha value is -2.75. The minimum absolute atomic E-state index is 0.336. The number of aromatic nitrogens is 5. The maximum atomic E-state index is 12.7. The van der Waals surface area contributed by atoms with Gasteiger partial charge in [0.25, 0.3) is 0 Å². The summed E-state index contributed by atoms with van der Waals surface area (Å²) in [5.41, 5.74) is 3.55. The number of carbonyl (C=O) groups is 1. The monoisotopic (exact) mass is 459 g/mol. The van der Waals surface area contributed by atoms with Crippen LogP contribution in [-0.2, 0) is 0 Å². The van der Waals surface area contributed by atoms with Gasteiger partial charge in [-0.3, -0.25) is 0 Å². The summed E-state index contributed by atoms with van der Waals surface area (Å²) < 4.78 is 1.47. The minimum atomic E-state index is -0.411. The van der Waals surface area contributed by atoms with Gasteiger partial charge in [0.05, 0.1) is 39.3 Å². The number of halogens is 2. The number of nitrogens with one attached hydrogen (secondary N) is 2. The number of nitrogens with zero attached hydrogens (tertiary/aromatic N) is 5. The molecule has 1 saturated carbocycles. The summed E-state index contributed by atoms with van der Waals surface area (Å²) in [6, 6.07) is 2.80. The number of anilines is 2. The Morgan fingerprint density at radius 2 is 2.00 bits per heavy atom. The molecule has 5 rings (SSSR count). The second-order valence-corrected chi connectivity index (χ2v) is 8.96. The zero-order chi connectivity index (χ0) is 20.8. The predicted molar refractivity (Wildman–Crippen MR) is 118 cm³/mol. The average molecular weight is 460 g/mol. The van der Waals surface area contributed by atoms with E-state index in [1.54, 1.807) is 35.9 Å². The molecule has 0 bridgehead atoms. The number of aryl methyl sites for hydroxylation is 1. The molecule has 1 aromatic carbocycles. The van der Waals surface area contributed by atoms with Crippen molar-refractivity contribution in [2.75, 3.05) is 10.6 Å². The number of benzene rings is 1. The van der Waals surface area contributed by atoms with Crippen molar-refractivity contribution in [3.8, 4) is 5.69 Å². The Morgan fingerprint density at radius 3 is 2.67 bits per heavy atom. The van der Waals surface area contributed by atoms with E-state index in [1.807, 2.05) is 6.92 Å². The fourth-order valence-electron chi connectivity index (χ4n) is 3.35. The number of rotatable bonds is 4. The quantitative estimate of drug-likeness (QED) is 0.425. The number of hydrogen-bond acceptors (Lipinski definition) is 6. The van der Waals surface area contributed by atoms with Crippen LogP contribution < -0.4 is 10.6 Å². The Balaban J connectivity index is 1.40. The molecular weight excluding hydrogens is 445 g/mol. The van der Waals surface area contributed by atoms with Crippen LogP contribution >= 0.6 is 34.5 Å². The second-order valence-electron chi connectivity index (χ2n) is 6.96. The lowest BCUT2D eigenvalue weighted by Gasteiger charge is -2.13. The number of thiazole rings is 1. The Bertz CT molecular complexity index is 1240. The molecule has 3 heterocycles. The van der Waals surface area contributed by atoms with E-state index < -0.39 is 6.03 Å². The van der Waals surface area contributed by atoms with Gasteiger partial charge in [0.2, 0.25) is 0 Å². The Labute approximate surface area is 185 Å². The van der Waals surface area contributed by atoms with Crippen LogP contribution in [0.3, 0.4) is 0 Å². The largest absolute Gasteiger partial charge is 0.323 e. The summed E-state index contributed by atoms with van der Waals surface area (Å²) in [6.45, 7) is 1.96. The molecule has 1 aliphatic rings. The lowest BCUT2D eigenvalue weighted by Crippen LogP contribution is -2.20. The first kappa shape index (κ1) is 19.2. The number of urea groups is 1. The zero-order valence-electron chi connectivity index (χ0n) is 15.7. The lowest BCUT2D eigenvalue weighted by molar-refractivity contribution is 0.262. The third-order valence-electron chi connectivity index (χ3n) is 4.73. The first-order valence-corrected chi connectivity index (χ1v) is 10.8. The fourth-order valence-corrected chi connectivity index (χ4v) is 4.79.